The van der Waals surface area contributed by atoms with E-state index in [-0.39, 0.29) is 11.5 Å². The molecule has 4 nitrogen and oxygen atoms in total. The quantitative estimate of drug-likeness (QED) is 0.469. The van der Waals surface area contributed by atoms with E-state index in [9.17, 15) is 4.79 Å². The lowest BCUT2D eigenvalue weighted by atomic mass is 9.81. The van der Waals surface area contributed by atoms with Gasteiger partial charge in [-0.2, -0.15) is 4.98 Å². The highest BCUT2D eigenvalue weighted by Gasteiger charge is 2.34. The molecule has 0 bridgehead atoms. The number of hydrogen-bond donors (Lipinski definition) is 1. The maximum absolute atomic E-state index is 12.9. The highest BCUT2D eigenvalue weighted by molar-refractivity contribution is 5.90. The zero-order chi connectivity index (χ0) is 18.5. The minimum Gasteiger partial charge on any atom is -0.438 e. The van der Waals surface area contributed by atoms with E-state index in [0.717, 1.165) is 27.6 Å². The van der Waals surface area contributed by atoms with Gasteiger partial charge >= 0.3 is 0 Å². The molecule has 2 heterocycles. The second kappa shape index (κ2) is 5.81. The van der Waals surface area contributed by atoms with Crippen LogP contribution in [0.25, 0.3) is 10.8 Å². The standard InChI is InChI=1S/C23H18N2O2/c1-13-7-9-16(10-8-13)19-20-17-6-4-3-5-15(17)11-12-18(20)27-23-21(19)22(26)24-14(2)25-23/h3-12,19H,1-2H3,(H,24,25,26). The van der Waals surface area contributed by atoms with Gasteiger partial charge in [0.2, 0.25) is 5.88 Å². The van der Waals surface area contributed by atoms with Gasteiger partial charge in [-0.15, -0.1) is 0 Å². The van der Waals surface area contributed by atoms with Crippen molar-refractivity contribution in [2.24, 2.45) is 0 Å². The Morgan fingerprint density at radius 3 is 2.52 bits per heavy atom. The molecule has 1 N–H and O–H groups in total. The molecule has 0 radical (unpaired) electrons. The van der Waals surface area contributed by atoms with Crippen molar-refractivity contribution in [1.82, 2.24) is 9.97 Å². The van der Waals surface area contributed by atoms with Gasteiger partial charge in [0.05, 0.1) is 5.56 Å². The third-order valence-corrected chi connectivity index (χ3v) is 5.16. The van der Waals surface area contributed by atoms with Crippen molar-refractivity contribution in [3.05, 3.63) is 99.1 Å². The summed E-state index contributed by atoms with van der Waals surface area (Å²) in [4.78, 5) is 20.2. The largest absolute Gasteiger partial charge is 0.438 e. The molecular formula is C23H18N2O2. The zero-order valence-electron chi connectivity index (χ0n) is 15.1. The number of aromatic nitrogens is 2. The van der Waals surface area contributed by atoms with E-state index in [4.69, 9.17) is 4.74 Å². The van der Waals surface area contributed by atoms with Crippen LogP contribution in [0.3, 0.4) is 0 Å². The minimum atomic E-state index is -0.229. The Hall–Kier alpha value is -3.40. The molecule has 4 heteroatoms. The lowest BCUT2D eigenvalue weighted by Gasteiger charge is -2.28. The van der Waals surface area contributed by atoms with E-state index in [2.05, 4.69) is 53.3 Å². The van der Waals surface area contributed by atoms with Crippen LogP contribution >= 0.6 is 0 Å². The van der Waals surface area contributed by atoms with E-state index in [1.54, 1.807) is 6.92 Å². The number of aryl methyl sites for hydroxylation is 2. The van der Waals surface area contributed by atoms with Gasteiger partial charge in [-0.3, -0.25) is 4.79 Å². The lowest BCUT2D eigenvalue weighted by molar-refractivity contribution is 0.430. The van der Waals surface area contributed by atoms with E-state index < -0.39 is 0 Å². The maximum Gasteiger partial charge on any atom is 0.258 e. The molecule has 0 aliphatic carbocycles. The predicted octanol–water partition coefficient (Wildman–Crippen LogP) is 4.83. The van der Waals surface area contributed by atoms with Crippen LogP contribution in [-0.4, -0.2) is 9.97 Å². The molecule has 132 valence electrons. The summed E-state index contributed by atoms with van der Waals surface area (Å²) in [5.74, 6) is 1.46. The number of ether oxygens (including phenoxy) is 1. The Balaban J connectivity index is 1.89. The van der Waals surface area contributed by atoms with Crippen LogP contribution in [0.4, 0.5) is 0 Å². The molecule has 27 heavy (non-hydrogen) atoms. The summed E-state index contributed by atoms with van der Waals surface area (Å²) in [5.41, 5.74) is 3.66. The number of aromatic amines is 1. The highest BCUT2D eigenvalue weighted by atomic mass is 16.5. The van der Waals surface area contributed by atoms with Gasteiger partial charge in [0.15, 0.2) is 0 Å². The number of rotatable bonds is 1. The zero-order valence-corrected chi connectivity index (χ0v) is 15.1. The SMILES string of the molecule is Cc1ccc(C2c3c(nc(C)[nH]c3=O)Oc3ccc4ccccc4c32)cc1. The fraction of sp³-hybridized carbons (Fsp3) is 0.130. The summed E-state index contributed by atoms with van der Waals surface area (Å²) in [6, 6.07) is 20.5. The van der Waals surface area contributed by atoms with Crippen molar-refractivity contribution < 1.29 is 4.74 Å². The van der Waals surface area contributed by atoms with Crippen molar-refractivity contribution in [3.8, 4) is 11.6 Å². The third-order valence-electron chi connectivity index (χ3n) is 5.16. The average molecular weight is 354 g/mol. The minimum absolute atomic E-state index is 0.151. The fourth-order valence-corrected chi connectivity index (χ4v) is 3.90. The predicted molar refractivity (Wildman–Crippen MR) is 106 cm³/mol. The van der Waals surface area contributed by atoms with Gasteiger partial charge in [-0.05, 0) is 36.2 Å². The summed E-state index contributed by atoms with van der Waals surface area (Å²) in [7, 11) is 0. The molecule has 0 saturated heterocycles. The van der Waals surface area contributed by atoms with E-state index in [1.165, 1.54) is 5.56 Å². The normalized spacial score (nSPS) is 15.1. The smallest absolute Gasteiger partial charge is 0.258 e. The van der Waals surface area contributed by atoms with Crippen molar-refractivity contribution in [2.75, 3.05) is 0 Å². The number of fused-ring (bicyclic) bond motifs is 4. The lowest BCUT2D eigenvalue weighted by Crippen LogP contribution is -2.24. The van der Waals surface area contributed by atoms with E-state index >= 15 is 0 Å². The van der Waals surface area contributed by atoms with Crippen LogP contribution in [0, 0.1) is 13.8 Å². The first-order valence-electron chi connectivity index (χ1n) is 8.99. The first-order chi connectivity index (χ1) is 13.1. The molecule has 3 aromatic carbocycles. The molecule has 0 fully saturated rings. The summed E-state index contributed by atoms with van der Waals surface area (Å²) < 4.78 is 6.09. The molecular weight excluding hydrogens is 336 g/mol. The van der Waals surface area contributed by atoms with E-state index in [0.29, 0.717) is 17.3 Å². The second-order valence-corrected chi connectivity index (χ2v) is 7.01. The maximum atomic E-state index is 12.9. The Kier molecular flexibility index (Phi) is 3.41. The Morgan fingerprint density at radius 2 is 1.70 bits per heavy atom. The van der Waals surface area contributed by atoms with Crippen LogP contribution in [0.1, 0.15) is 34.0 Å². The van der Waals surface area contributed by atoms with Crippen LogP contribution in [0.5, 0.6) is 11.6 Å². The number of nitrogens with one attached hydrogen (secondary N) is 1. The molecule has 1 atom stereocenters. The topological polar surface area (TPSA) is 55.0 Å². The monoisotopic (exact) mass is 354 g/mol. The first-order valence-corrected chi connectivity index (χ1v) is 8.99. The van der Waals surface area contributed by atoms with Gasteiger partial charge in [0, 0.05) is 11.5 Å². The van der Waals surface area contributed by atoms with Crippen LogP contribution < -0.4 is 10.3 Å². The van der Waals surface area contributed by atoms with Crippen LogP contribution in [0.2, 0.25) is 0 Å². The summed E-state index contributed by atoms with van der Waals surface area (Å²) in [6.45, 7) is 3.82. The van der Waals surface area contributed by atoms with Gasteiger partial charge < -0.3 is 9.72 Å². The van der Waals surface area contributed by atoms with Crippen LogP contribution in [-0.2, 0) is 0 Å². The second-order valence-electron chi connectivity index (χ2n) is 7.01. The number of hydrogen-bond acceptors (Lipinski definition) is 3. The van der Waals surface area contributed by atoms with Crippen molar-refractivity contribution in [1.29, 1.82) is 0 Å². The van der Waals surface area contributed by atoms with Crippen molar-refractivity contribution >= 4 is 10.8 Å². The number of H-pyrrole nitrogens is 1. The molecule has 1 aliphatic heterocycles. The first kappa shape index (κ1) is 15.8. The Bertz CT molecular complexity index is 1240. The Morgan fingerprint density at radius 1 is 0.926 bits per heavy atom. The third kappa shape index (κ3) is 2.45. The van der Waals surface area contributed by atoms with Gasteiger partial charge in [0.25, 0.3) is 5.56 Å². The van der Waals surface area contributed by atoms with Crippen molar-refractivity contribution in [3.63, 3.8) is 0 Å². The summed E-state index contributed by atoms with van der Waals surface area (Å²) in [5, 5.41) is 2.21. The number of benzene rings is 3. The molecule has 5 rings (SSSR count). The average Bonchev–Trinajstić information content (AvgIpc) is 2.66. The molecule has 0 amide bonds. The van der Waals surface area contributed by atoms with Gasteiger partial charge in [0.1, 0.15) is 11.6 Å². The number of nitrogens with zero attached hydrogens (tertiary/aromatic N) is 1. The van der Waals surface area contributed by atoms with E-state index in [1.807, 2.05) is 24.3 Å². The Labute approximate surface area is 156 Å². The van der Waals surface area contributed by atoms with Gasteiger partial charge in [-0.25, -0.2) is 0 Å². The molecule has 1 aliphatic rings. The molecule has 4 aromatic rings. The molecule has 1 unspecified atom stereocenters. The molecule has 0 spiro atoms. The van der Waals surface area contributed by atoms with Crippen LogP contribution in [0.15, 0.2) is 65.5 Å². The molecule has 0 saturated carbocycles. The fourth-order valence-electron chi connectivity index (χ4n) is 3.90. The van der Waals surface area contributed by atoms with Gasteiger partial charge in [-0.1, -0.05) is 60.2 Å². The molecule has 1 aromatic heterocycles. The summed E-state index contributed by atoms with van der Waals surface area (Å²) >= 11 is 0. The van der Waals surface area contributed by atoms with Crippen molar-refractivity contribution in [2.45, 2.75) is 19.8 Å². The summed E-state index contributed by atoms with van der Waals surface area (Å²) in [6.07, 6.45) is 0. The highest BCUT2D eigenvalue weighted by Crippen LogP contribution is 2.47.